The molecule has 0 aliphatic heterocycles. The number of nitrogens with zero attached hydrogens (tertiary/aromatic N) is 3. The molecular weight excluding hydrogens is 262 g/mol. The molecule has 21 heavy (non-hydrogen) atoms. The quantitative estimate of drug-likeness (QED) is 0.777. The minimum Gasteiger partial charge on any atom is -0.419 e. The summed E-state index contributed by atoms with van der Waals surface area (Å²) in [4.78, 5) is 2.49. The van der Waals surface area contributed by atoms with Crippen molar-refractivity contribution in [2.45, 2.75) is 45.7 Å². The van der Waals surface area contributed by atoms with E-state index in [1.165, 1.54) is 19.3 Å². The van der Waals surface area contributed by atoms with Gasteiger partial charge in [-0.2, -0.15) is 0 Å². The number of benzene rings is 1. The molecule has 1 aromatic carbocycles. The van der Waals surface area contributed by atoms with Gasteiger partial charge in [-0.3, -0.25) is 4.90 Å². The van der Waals surface area contributed by atoms with Crippen molar-refractivity contribution in [1.29, 1.82) is 0 Å². The minimum atomic E-state index is 0.616. The van der Waals surface area contributed by atoms with Gasteiger partial charge in [-0.05, 0) is 43.9 Å². The van der Waals surface area contributed by atoms with Crippen LogP contribution in [0.1, 0.15) is 39.0 Å². The van der Waals surface area contributed by atoms with Gasteiger partial charge in [0.25, 0.3) is 0 Å². The van der Waals surface area contributed by atoms with E-state index in [9.17, 15) is 0 Å². The Kier molecular flexibility index (Phi) is 4.34. The Hall–Kier alpha value is -1.68. The van der Waals surface area contributed by atoms with E-state index in [2.05, 4.69) is 28.9 Å². The lowest BCUT2D eigenvalue weighted by Crippen LogP contribution is -2.27. The van der Waals surface area contributed by atoms with Crippen LogP contribution in [0.25, 0.3) is 11.5 Å². The molecule has 0 atom stereocenters. The summed E-state index contributed by atoms with van der Waals surface area (Å²) in [7, 11) is 0. The molecule has 1 fully saturated rings. The van der Waals surface area contributed by atoms with Gasteiger partial charge in [0.2, 0.25) is 11.8 Å². The fraction of sp³-hybridized carbons (Fsp3) is 0.529. The van der Waals surface area contributed by atoms with Crippen LogP contribution in [-0.4, -0.2) is 27.7 Å². The first-order chi connectivity index (χ1) is 10.2. The van der Waals surface area contributed by atoms with Crippen LogP contribution in [-0.2, 0) is 6.54 Å². The molecule has 0 N–H and O–H groups in total. The maximum atomic E-state index is 5.82. The normalized spacial score (nSPS) is 15.0. The Balaban J connectivity index is 1.65. The number of hydrogen-bond donors (Lipinski definition) is 0. The van der Waals surface area contributed by atoms with Crippen molar-refractivity contribution in [3.05, 3.63) is 36.2 Å². The molecule has 0 spiro atoms. The summed E-state index contributed by atoms with van der Waals surface area (Å²) < 4.78 is 5.82. The Labute approximate surface area is 126 Å². The summed E-state index contributed by atoms with van der Waals surface area (Å²) in [6, 6.07) is 10.7. The first-order valence-corrected chi connectivity index (χ1v) is 7.84. The van der Waals surface area contributed by atoms with E-state index < -0.39 is 0 Å². The predicted octanol–water partition coefficient (Wildman–Crippen LogP) is 3.75. The molecule has 0 bridgehead atoms. The lowest BCUT2D eigenvalue weighted by Gasteiger charge is -2.20. The molecule has 0 radical (unpaired) electrons. The molecule has 1 heterocycles. The maximum absolute atomic E-state index is 5.82. The van der Waals surface area contributed by atoms with Crippen LogP contribution >= 0.6 is 0 Å². The first-order valence-electron chi connectivity index (χ1n) is 7.84. The van der Waals surface area contributed by atoms with Gasteiger partial charge in [0.05, 0.1) is 6.54 Å². The van der Waals surface area contributed by atoms with Gasteiger partial charge in [-0.25, -0.2) is 0 Å². The van der Waals surface area contributed by atoms with Gasteiger partial charge in [0.1, 0.15) is 0 Å². The van der Waals surface area contributed by atoms with Crippen LogP contribution in [0, 0.1) is 5.92 Å². The largest absolute Gasteiger partial charge is 0.419 e. The highest BCUT2D eigenvalue weighted by atomic mass is 16.4. The SMILES string of the molecule is CC(C)CCN(Cc1nnc(-c2ccccc2)o1)C1CC1. The van der Waals surface area contributed by atoms with E-state index >= 15 is 0 Å². The summed E-state index contributed by atoms with van der Waals surface area (Å²) in [5.74, 6) is 2.07. The van der Waals surface area contributed by atoms with Crippen LogP contribution in [0.4, 0.5) is 0 Å². The minimum absolute atomic E-state index is 0.616. The summed E-state index contributed by atoms with van der Waals surface area (Å²) in [6.45, 7) is 6.43. The molecule has 1 aliphatic carbocycles. The number of aromatic nitrogens is 2. The highest BCUT2D eigenvalue weighted by molar-refractivity contribution is 5.51. The second kappa shape index (κ2) is 6.39. The zero-order chi connectivity index (χ0) is 14.7. The highest BCUT2D eigenvalue weighted by Crippen LogP contribution is 2.29. The molecule has 0 unspecified atom stereocenters. The van der Waals surface area contributed by atoms with Crippen molar-refractivity contribution in [3.63, 3.8) is 0 Å². The predicted molar refractivity (Wildman–Crippen MR) is 82.6 cm³/mol. The van der Waals surface area contributed by atoms with Crippen molar-refractivity contribution >= 4 is 0 Å². The summed E-state index contributed by atoms with van der Waals surface area (Å²) in [6.07, 6.45) is 3.83. The third-order valence-electron chi connectivity index (χ3n) is 3.88. The molecule has 1 aliphatic rings. The van der Waals surface area contributed by atoms with Gasteiger partial charge >= 0.3 is 0 Å². The van der Waals surface area contributed by atoms with Crippen molar-refractivity contribution in [1.82, 2.24) is 15.1 Å². The zero-order valence-corrected chi connectivity index (χ0v) is 12.8. The molecule has 0 saturated heterocycles. The van der Waals surface area contributed by atoms with Crippen molar-refractivity contribution in [3.8, 4) is 11.5 Å². The third-order valence-corrected chi connectivity index (χ3v) is 3.88. The van der Waals surface area contributed by atoms with Crippen LogP contribution in [0.5, 0.6) is 0 Å². The Bertz CT molecular complexity index is 560. The average molecular weight is 285 g/mol. The average Bonchev–Trinajstić information content (AvgIpc) is 3.23. The summed E-state index contributed by atoms with van der Waals surface area (Å²) in [5.41, 5.74) is 0.983. The molecule has 0 amide bonds. The molecule has 1 aromatic heterocycles. The smallest absolute Gasteiger partial charge is 0.247 e. The maximum Gasteiger partial charge on any atom is 0.247 e. The second-order valence-electron chi connectivity index (χ2n) is 6.25. The van der Waals surface area contributed by atoms with E-state index in [-0.39, 0.29) is 0 Å². The van der Waals surface area contributed by atoms with E-state index in [0.29, 0.717) is 5.89 Å². The van der Waals surface area contributed by atoms with Crippen molar-refractivity contribution < 1.29 is 4.42 Å². The molecule has 3 rings (SSSR count). The molecule has 112 valence electrons. The van der Waals surface area contributed by atoms with E-state index in [1.807, 2.05) is 30.3 Å². The van der Waals surface area contributed by atoms with E-state index in [4.69, 9.17) is 4.42 Å². The number of rotatable bonds is 7. The zero-order valence-electron chi connectivity index (χ0n) is 12.8. The van der Waals surface area contributed by atoms with E-state index in [1.54, 1.807) is 0 Å². The van der Waals surface area contributed by atoms with Gasteiger partial charge in [-0.15, -0.1) is 10.2 Å². The Morgan fingerprint density at radius 2 is 1.95 bits per heavy atom. The number of hydrogen-bond acceptors (Lipinski definition) is 4. The summed E-state index contributed by atoms with van der Waals surface area (Å²) in [5, 5.41) is 8.38. The lowest BCUT2D eigenvalue weighted by atomic mass is 10.1. The fourth-order valence-corrected chi connectivity index (χ4v) is 2.44. The topological polar surface area (TPSA) is 42.2 Å². The fourth-order valence-electron chi connectivity index (χ4n) is 2.44. The van der Waals surface area contributed by atoms with Crippen LogP contribution in [0.2, 0.25) is 0 Å². The molecular formula is C17H23N3O. The second-order valence-corrected chi connectivity index (χ2v) is 6.25. The Morgan fingerprint density at radius 1 is 1.19 bits per heavy atom. The third kappa shape index (κ3) is 3.91. The van der Waals surface area contributed by atoms with Gasteiger partial charge in [-0.1, -0.05) is 32.0 Å². The molecule has 2 aromatic rings. The van der Waals surface area contributed by atoms with Gasteiger partial charge in [0.15, 0.2) is 0 Å². The van der Waals surface area contributed by atoms with Crippen LogP contribution < -0.4 is 0 Å². The van der Waals surface area contributed by atoms with Crippen LogP contribution in [0.15, 0.2) is 34.7 Å². The standard InChI is InChI=1S/C17H23N3O/c1-13(2)10-11-20(15-8-9-15)12-16-18-19-17(21-16)14-6-4-3-5-7-14/h3-7,13,15H,8-12H2,1-2H3. The molecule has 4 nitrogen and oxygen atoms in total. The van der Waals surface area contributed by atoms with Gasteiger partial charge in [0, 0.05) is 11.6 Å². The van der Waals surface area contributed by atoms with E-state index in [0.717, 1.165) is 36.5 Å². The van der Waals surface area contributed by atoms with Crippen molar-refractivity contribution in [2.24, 2.45) is 5.92 Å². The first kappa shape index (κ1) is 14.3. The molecule has 4 heteroatoms. The van der Waals surface area contributed by atoms with Crippen LogP contribution in [0.3, 0.4) is 0 Å². The molecule has 1 saturated carbocycles. The van der Waals surface area contributed by atoms with Crippen molar-refractivity contribution in [2.75, 3.05) is 6.54 Å². The Morgan fingerprint density at radius 3 is 2.62 bits per heavy atom. The van der Waals surface area contributed by atoms with Gasteiger partial charge < -0.3 is 4.42 Å². The monoisotopic (exact) mass is 285 g/mol. The lowest BCUT2D eigenvalue weighted by molar-refractivity contribution is 0.217. The summed E-state index contributed by atoms with van der Waals surface area (Å²) >= 11 is 0. The highest BCUT2D eigenvalue weighted by Gasteiger charge is 2.30.